The van der Waals surface area contributed by atoms with Gasteiger partial charge in [0.05, 0.1) is 17.0 Å². The third-order valence-electron chi connectivity index (χ3n) is 3.60. The molecule has 2 rings (SSSR count). The number of aromatic amines is 1. The highest BCUT2D eigenvalue weighted by atomic mass is 32.1. The number of aromatic nitrogens is 2. The second-order valence-corrected chi connectivity index (χ2v) is 5.57. The van der Waals surface area contributed by atoms with Crippen molar-refractivity contribution in [2.75, 3.05) is 0 Å². The smallest absolute Gasteiger partial charge is 0.262 e. The predicted molar refractivity (Wildman–Crippen MR) is 90.8 cm³/mol. The minimum atomic E-state index is -0.519. The Morgan fingerprint density at radius 2 is 2.22 bits per heavy atom. The van der Waals surface area contributed by atoms with Crippen LogP contribution in [0.2, 0.25) is 0 Å². The van der Waals surface area contributed by atoms with Crippen molar-refractivity contribution in [3.63, 3.8) is 0 Å². The number of amides is 1. The van der Waals surface area contributed by atoms with Crippen molar-refractivity contribution in [1.82, 2.24) is 14.9 Å². The number of benzene rings is 1. The lowest BCUT2D eigenvalue weighted by molar-refractivity contribution is 0.0944. The molecule has 23 heavy (non-hydrogen) atoms. The lowest BCUT2D eigenvalue weighted by Crippen LogP contribution is -2.33. The first kappa shape index (κ1) is 16.9. The van der Waals surface area contributed by atoms with E-state index in [0.29, 0.717) is 34.2 Å². The van der Waals surface area contributed by atoms with Crippen LogP contribution in [0.1, 0.15) is 37.0 Å². The maximum atomic E-state index is 12.3. The monoisotopic (exact) mass is 330 g/mol. The van der Waals surface area contributed by atoms with E-state index < -0.39 is 6.04 Å². The Morgan fingerprint density at radius 3 is 2.83 bits per heavy atom. The topological polar surface area (TPSA) is 90.7 Å². The summed E-state index contributed by atoms with van der Waals surface area (Å²) >= 11 is 5.16. The zero-order valence-corrected chi connectivity index (χ0v) is 13.9. The molecule has 7 heteroatoms. The Kier molecular flexibility index (Phi) is 5.29. The van der Waals surface area contributed by atoms with Gasteiger partial charge in [0.15, 0.2) is 4.77 Å². The second-order valence-electron chi connectivity index (χ2n) is 5.18. The van der Waals surface area contributed by atoms with Gasteiger partial charge in [-0.15, -0.1) is 0 Å². The molecule has 0 spiro atoms. The minimum absolute atomic E-state index is 0.181. The van der Waals surface area contributed by atoms with Gasteiger partial charge in [0, 0.05) is 12.1 Å². The van der Waals surface area contributed by atoms with Crippen LogP contribution in [-0.4, -0.2) is 21.5 Å². The molecular weight excluding hydrogens is 312 g/mol. The van der Waals surface area contributed by atoms with Crippen LogP contribution in [0.4, 0.5) is 0 Å². The second kappa shape index (κ2) is 7.20. The summed E-state index contributed by atoms with van der Waals surface area (Å²) in [5.41, 5.74) is 0.716. The summed E-state index contributed by atoms with van der Waals surface area (Å²) in [4.78, 5) is 27.5. The molecular formula is C16H18N4O2S. The summed E-state index contributed by atoms with van der Waals surface area (Å²) in [5.74, 6) is -0.342. The van der Waals surface area contributed by atoms with Gasteiger partial charge in [-0.1, -0.05) is 13.3 Å². The van der Waals surface area contributed by atoms with Crippen LogP contribution < -0.4 is 10.9 Å². The van der Waals surface area contributed by atoms with Gasteiger partial charge in [-0.3, -0.25) is 14.2 Å². The van der Waals surface area contributed by atoms with Crippen LogP contribution in [0, 0.1) is 16.1 Å². The van der Waals surface area contributed by atoms with E-state index in [2.05, 4.69) is 16.4 Å². The first-order chi connectivity index (χ1) is 11.0. The third-order valence-corrected chi connectivity index (χ3v) is 3.92. The highest BCUT2D eigenvalue weighted by molar-refractivity contribution is 7.71. The van der Waals surface area contributed by atoms with Gasteiger partial charge in [0.1, 0.15) is 6.04 Å². The minimum Gasteiger partial charge on any atom is -0.336 e. The molecule has 0 aliphatic carbocycles. The Bertz CT molecular complexity index is 892. The number of nitrogens with one attached hydrogen (secondary N) is 2. The van der Waals surface area contributed by atoms with Gasteiger partial charge in [0.25, 0.3) is 11.5 Å². The zero-order valence-electron chi connectivity index (χ0n) is 13.0. The molecule has 0 saturated heterocycles. The highest BCUT2D eigenvalue weighted by Gasteiger charge is 2.14. The molecule has 0 radical (unpaired) electrons. The van der Waals surface area contributed by atoms with Crippen molar-refractivity contribution in [3.8, 4) is 6.07 Å². The molecule has 1 amide bonds. The zero-order chi connectivity index (χ0) is 17.0. The summed E-state index contributed by atoms with van der Waals surface area (Å²) in [7, 11) is 0. The van der Waals surface area contributed by atoms with Crippen molar-refractivity contribution in [2.24, 2.45) is 0 Å². The number of hydrogen-bond acceptors (Lipinski definition) is 4. The number of nitriles is 1. The predicted octanol–water partition coefficient (Wildman–Crippen LogP) is 2.50. The molecule has 0 unspecified atom stereocenters. The van der Waals surface area contributed by atoms with Crippen LogP contribution in [0.5, 0.6) is 0 Å². The van der Waals surface area contributed by atoms with E-state index >= 15 is 0 Å². The van der Waals surface area contributed by atoms with Gasteiger partial charge in [-0.2, -0.15) is 5.26 Å². The van der Waals surface area contributed by atoms with Crippen molar-refractivity contribution in [1.29, 1.82) is 5.26 Å². The quantitative estimate of drug-likeness (QED) is 0.824. The molecule has 0 saturated carbocycles. The highest BCUT2D eigenvalue weighted by Crippen LogP contribution is 2.11. The SMILES string of the molecule is CCC[C@@H](C#N)NC(=O)c1ccc2c(=O)n(CC)c(=S)[nH]c2c1. The number of nitrogens with zero attached hydrogens (tertiary/aromatic N) is 2. The molecule has 0 aliphatic rings. The van der Waals surface area contributed by atoms with Gasteiger partial charge >= 0.3 is 0 Å². The number of fused-ring (bicyclic) bond motifs is 1. The summed E-state index contributed by atoms with van der Waals surface area (Å²) < 4.78 is 1.79. The normalized spacial score (nSPS) is 11.9. The Morgan fingerprint density at radius 1 is 1.48 bits per heavy atom. The Balaban J connectivity index is 2.41. The summed E-state index contributed by atoms with van der Waals surface area (Å²) in [6.07, 6.45) is 1.40. The van der Waals surface area contributed by atoms with E-state index in [1.54, 1.807) is 18.2 Å². The molecule has 0 aliphatic heterocycles. The molecule has 2 N–H and O–H groups in total. The lowest BCUT2D eigenvalue weighted by Gasteiger charge is -2.11. The molecule has 2 aromatic rings. The van der Waals surface area contributed by atoms with Gasteiger partial charge in [-0.05, 0) is 43.8 Å². The van der Waals surface area contributed by atoms with Crippen LogP contribution >= 0.6 is 12.2 Å². The molecule has 6 nitrogen and oxygen atoms in total. The van der Waals surface area contributed by atoms with E-state index in [1.807, 2.05) is 13.8 Å². The maximum absolute atomic E-state index is 12.3. The van der Waals surface area contributed by atoms with E-state index in [0.717, 1.165) is 6.42 Å². The van der Waals surface area contributed by atoms with E-state index in [1.165, 1.54) is 4.57 Å². The van der Waals surface area contributed by atoms with Crippen LogP contribution in [0.25, 0.3) is 10.9 Å². The number of rotatable bonds is 5. The fourth-order valence-corrected chi connectivity index (χ4v) is 2.70. The summed E-state index contributed by atoms with van der Waals surface area (Å²) in [6, 6.07) is 6.31. The third kappa shape index (κ3) is 3.48. The molecule has 1 aromatic carbocycles. The molecule has 0 bridgehead atoms. The average Bonchev–Trinajstić information content (AvgIpc) is 2.54. The molecule has 1 heterocycles. The molecule has 120 valence electrons. The van der Waals surface area contributed by atoms with Crippen molar-refractivity contribution in [3.05, 3.63) is 38.9 Å². The van der Waals surface area contributed by atoms with Crippen molar-refractivity contribution < 1.29 is 4.79 Å². The fourth-order valence-electron chi connectivity index (χ4n) is 2.38. The van der Waals surface area contributed by atoms with E-state index in [-0.39, 0.29) is 11.5 Å². The largest absolute Gasteiger partial charge is 0.336 e. The van der Waals surface area contributed by atoms with Crippen LogP contribution in [0.3, 0.4) is 0 Å². The van der Waals surface area contributed by atoms with Crippen LogP contribution in [-0.2, 0) is 6.54 Å². The first-order valence-corrected chi connectivity index (χ1v) is 7.90. The fraction of sp³-hybridized carbons (Fsp3) is 0.375. The van der Waals surface area contributed by atoms with Crippen molar-refractivity contribution >= 4 is 29.0 Å². The molecule has 0 fully saturated rings. The first-order valence-electron chi connectivity index (χ1n) is 7.49. The number of carbonyl (C=O) groups excluding carboxylic acids is 1. The van der Waals surface area contributed by atoms with Gasteiger partial charge in [0.2, 0.25) is 0 Å². The Labute approximate surface area is 138 Å². The van der Waals surface area contributed by atoms with E-state index in [4.69, 9.17) is 17.5 Å². The Hall–Kier alpha value is -2.46. The lowest BCUT2D eigenvalue weighted by atomic mass is 10.1. The van der Waals surface area contributed by atoms with Gasteiger partial charge in [-0.25, -0.2) is 0 Å². The molecule has 1 aromatic heterocycles. The summed E-state index contributed by atoms with van der Waals surface area (Å²) in [5, 5.41) is 12.2. The summed E-state index contributed by atoms with van der Waals surface area (Å²) in [6.45, 7) is 4.27. The molecule has 1 atom stereocenters. The number of hydrogen-bond donors (Lipinski definition) is 2. The van der Waals surface area contributed by atoms with Crippen LogP contribution in [0.15, 0.2) is 23.0 Å². The average molecular weight is 330 g/mol. The maximum Gasteiger partial charge on any atom is 0.262 e. The van der Waals surface area contributed by atoms with E-state index in [9.17, 15) is 9.59 Å². The number of carbonyl (C=O) groups is 1. The van der Waals surface area contributed by atoms with Gasteiger partial charge < -0.3 is 10.3 Å². The standard InChI is InChI=1S/C16H18N4O2S/c1-3-5-11(9-17)18-14(21)10-6-7-12-13(8-10)19-16(23)20(4-2)15(12)22/h6-8,11H,3-5H2,1-2H3,(H,18,21)(H,19,23)/t11-/m0/s1. The number of H-pyrrole nitrogens is 1. The van der Waals surface area contributed by atoms with Crippen molar-refractivity contribution in [2.45, 2.75) is 39.3 Å².